The first-order valence-corrected chi connectivity index (χ1v) is 6.92. The summed E-state index contributed by atoms with van der Waals surface area (Å²) in [5.74, 6) is -0.0934. The van der Waals surface area contributed by atoms with Crippen molar-refractivity contribution in [1.29, 1.82) is 0 Å². The summed E-state index contributed by atoms with van der Waals surface area (Å²) in [6.07, 6.45) is 4.77. The van der Waals surface area contributed by atoms with Gasteiger partial charge in [0.25, 0.3) is 0 Å². The van der Waals surface area contributed by atoms with Crippen LogP contribution in [0.3, 0.4) is 0 Å². The number of nitrogens with zero attached hydrogens (tertiary/aromatic N) is 4. The van der Waals surface area contributed by atoms with Crippen LogP contribution in [0.1, 0.15) is 0 Å². The highest BCUT2D eigenvalue weighted by Gasteiger charge is 2.15. The Hall–Kier alpha value is -3.03. The summed E-state index contributed by atoms with van der Waals surface area (Å²) in [5.41, 5.74) is 2.85. The first-order chi connectivity index (χ1) is 11.3. The number of H-pyrrole nitrogens is 1. The third-order valence-electron chi connectivity index (χ3n) is 3.49. The summed E-state index contributed by atoms with van der Waals surface area (Å²) < 4.78 is 32.5. The molecule has 0 spiro atoms. The summed E-state index contributed by atoms with van der Waals surface area (Å²) >= 11 is 0. The van der Waals surface area contributed by atoms with Crippen LogP contribution in [0.5, 0.6) is 5.75 Å². The van der Waals surface area contributed by atoms with Crippen molar-refractivity contribution in [2.75, 3.05) is 13.3 Å². The van der Waals surface area contributed by atoms with Crippen molar-refractivity contribution < 1.29 is 13.5 Å². The van der Waals surface area contributed by atoms with Gasteiger partial charge in [-0.05, 0) is 18.2 Å². The number of nitrogens with one attached hydrogen (secondary N) is 1. The number of pyridine rings is 2. The zero-order valence-corrected chi connectivity index (χ0v) is 11.8. The molecule has 4 heterocycles. The van der Waals surface area contributed by atoms with E-state index in [1.54, 1.807) is 29.0 Å². The quantitative estimate of drug-likeness (QED) is 0.588. The Morgan fingerprint density at radius 2 is 2.17 bits per heavy atom. The standard InChI is InChI=1S/C15H11F2N5O/c16-3-4-23-10-5-11(9-1-2-13(17)18-6-9)14-12-7-19-20-15(12)21-22(14)8-10/h1-2,5-8H,3-4H2,(H,20,21). The summed E-state index contributed by atoms with van der Waals surface area (Å²) in [6, 6.07) is 4.66. The van der Waals surface area contributed by atoms with Crippen LogP contribution in [0.2, 0.25) is 0 Å². The summed E-state index contributed by atoms with van der Waals surface area (Å²) in [4.78, 5) is 3.69. The Labute approximate surface area is 128 Å². The minimum Gasteiger partial charge on any atom is -0.489 e. The van der Waals surface area contributed by atoms with E-state index in [0.29, 0.717) is 17.0 Å². The van der Waals surface area contributed by atoms with Gasteiger partial charge in [0, 0.05) is 17.3 Å². The molecule has 0 aliphatic rings. The fraction of sp³-hybridized carbons (Fsp3) is 0.133. The molecule has 0 bridgehead atoms. The molecule has 0 saturated heterocycles. The van der Waals surface area contributed by atoms with Crippen LogP contribution in [0.15, 0.2) is 36.8 Å². The predicted octanol–water partition coefficient (Wildman–Crippen LogP) is 2.76. The van der Waals surface area contributed by atoms with E-state index in [0.717, 1.165) is 16.5 Å². The van der Waals surface area contributed by atoms with E-state index in [4.69, 9.17) is 4.74 Å². The van der Waals surface area contributed by atoms with Gasteiger partial charge in [0.2, 0.25) is 5.95 Å². The lowest BCUT2D eigenvalue weighted by molar-refractivity contribution is 0.272. The SMILES string of the molecule is FCCOc1cc(-c2ccc(F)nc2)c2c3cn[nH]c3nn2c1. The molecular weight excluding hydrogens is 304 g/mol. The molecule has 0 aliphatic heterocycles. The van der Waals surface area contributed by atoms with Gasteiger partial charge in [-0.1, -0.05) is 0 Å². The number of aromatic nitrogens is 5. The van der Waals surface area contributed by atoms with Gasteiger partial charge in [-0.15, -0.1) is 5.10 Å². The second-order valence-electron chi connectivity index (χ2n) is 4.92. The molecule has 23 heavy (non-hydrogen) atoms. The van der Waals surface area contributed by atoms with Crippen molar-refractivity contribution in [3.63, 3.8) is 0 Å². The molecule has 8 heteroatoms. The van der Waals surface area contributed by atoms with Crippen LogP contribution in [-0.4, -0.2) is 38.1 Å². The first-order valence-electron chi connectivity index (χ1n) is 6.92. The first kappa shape index (κ1) is 13.6. The van der Waals surface area contributed by atoms with E-state index in [-0.39, 0.29) is 6.61 Å². The number of alkyl halides is 1. The molecule has 116 valence electrons. The Kier molecular flexibility index (Phi) is 3.14. The van der Waals surface area contributed by atoms with Crippen molar-refractivity contribution >= 4 is 16.6 Å². The lowest BCUT2D eigenvalue weighted by Gasteiger charge is -2.09. The maximum absolute atomic E-state index is 13.1. The molecule has 0 unspecified atom stereocenters. The topological polar surface area (TPSA) is 68.1 Å². The number of hydrogen-bond donors (Lipinski definition) is 1. The molecule has 0 atom stereocenters. The minimum atomic E-state index is -0.588. The molecule has 4 aromatic heterocycles. The highest BCUT2D eigenvalue weighted by atomic mass is 19.1. The third-order valence-corrected chi connectivity index (χ3v) is 3.49. The summed E-state index contributed by atoms with van der Waals surface area (Å²) in [7, 11) is 0. The Bertz CT molecular complexity index is 977. The number of fused-ring (bicyclic) bond motifs is 3. The van der Waals surface area contributed by atoms with Gasteiger partial charge in [0.05, 0.1) is 23.3 Å². The Morgan fingerprint density at radius 1 is 1.26 bits per heavy atom. The minimum absolute atomic E-state index is 0.0483. The van der Waals surface area contributed by atoms with Crippen LogP contribution in [-0.2, 0) is 0 Å². The fourth-order valence-corrected chi connectivity index (χ4v) is 2.53. The van der Waals surface area contributed by atoms with Crippen molar-refractivity contribution in [3.05, 3.63) is 42.7 Å². The maximum Gasteiger partial charge on any atom is 0.212 e. The summed E-state index contributed by atoms with van der Waals surface area (Å²) in [5, 5.41) is 12.0. The Balaban J connectivity index is 1.98. The monoisotopic (exact) mass is 315 g/mol. The molecule has 0 saturated carbocycles. The number of aromatic amines is 1. The van der Waals surface area contributed by atoms with E-state index in [1.165, 1.54) is 12.3 Å². The number of halogens is 2. The van der Waals surface area contributed by atoms with E-state index in [1.807, 2.05) is 0 Å². The Morgan fingerprint density at radius 3 is 2.96 bits per heavy atom. The van der Waals surface area contributed by atoms with E-state index >= 15 is 0 Å². The molecule has 0 fully saturated rings. The molecule has 0 aliphatic carbocycles. The van der Waals surface area contributed by atoms with Crippen LogP contribution >= 0.6 is 0 Å². The van der Waals surface area contributed by atoms with Gasteiger partial charge in [-0.25, -0.2) is 13.9 Å². The van der Waals surface area contributed by atoms with Crippen molar-refractivity contribution in [1.82, 2.24) is 24.8 Å². The molecule has 6 nitrogen and oxygen atoms in total. The van der Waals surface area contributed by atoms with Crippen molar-refractivity contribution in [2.24, 2.45) is 0 Å². The average Bonchev–Trinajstić information content (AvgIpc) is 3.13. The van der Waals surface area contributed by atoms with E-state index in [2.05, 4.69) is 20.3 Å². The highest BCUT2D eigenvalue weighted by Crippen LogP contribution is 2.32. The van der Waals surface area contributed by atoms with Gasteiger partial charge >= 0.3 is 0 Å². The molecule has 0 radical (unpaired) electrons. The van der Waals surface area contributed by atoms with E-state index < -0.39 is 12.6 Å². The van der Waals surface area contributed by atoms with Gasteiger partial charge < -0.3 is 4.74 Å². The normalized spacial score (nSPS) is 11.4. The van der Waals surface area contributed by atoms with Crippen LogP contribution in [0.4, 0.5) is 8.78 Å². The largest absolute Gasteiger partial charge is 0.489 e. The molecule has 4 rings (SSSR count). The van der Waals surface area contributed by atoms with Gasteiger partial charge in [0.1, 0.15) is 19.0 Å². The molecular formula is C15H11F2N5O. The van der Waals surface area contributed by atoms with Gasteiger partial charge in [-0.3, -0.25) is 5.10 Å². The fourth-order valence-electron chi connectivity index (χ4n) is 2.53. The lowest BCUT2D eigenvalue weighted by atomic mass is 10.1. The van der Waals surface area contributed by atoms with Crippen molar-refractivity contribution in [2.45, 2.75) is 0 Å². The van der Waals surface area contributed by atoms with Gasteiger partial charge in [0.15, 0.2) is 5.65 Å². The summed E-state index contributed by atoms with van der Waals surface area (Å²) in [6.45, 7) is -0.636. The third kappa shape index (κ3) is 2.28. The average molecular weight is 315 g/mol. The number of rotatable bonds is 4. The zero-order chi connectivity index (χ0) is 15.8. The van der Waals surface area contributed by atoms with Crippen LogP contribution in [0.25, 0.3) is 27.7 Å². The highest BCUT2D eigenvalue weighted by molar-refractivity contribution is 6.00. The zero-order valence-electron chi connectivity index (χ0n) is 11.8. The second-order valence-corrected chi connectivity index (χ2v) is 4.92. The smallest absolute Gasteiger partial charge is 0.212 e. The van der Waals surface area contributed by atoms with Crippen LogP contribution in [0, 0.1) is 5.95 Å². The number of ether oxygens (including phenoxy) is 1. The van der Waals surface area contributed by atoms with E-state index in [9.17, 15) is 8.78 Å². The second kappa shape index (κ2) is 5.31. The van der Waals surface area contributed by atoms with Crippen LogP contribution < -0.4 is 4.74 Å². The lowest BCUT2D eigenvalue weighted by Crippen LogP contribution is -2.01. The predicted molar refractivity (Wildman–Crippen MR) is 79.5 cm³/mol. The van der Waals surface area contributed by atoms with Gasteiger partial charge in [-0.2, -0.15) is 9.49 Å². The molecule has 1 N–H and O–H groups in total. The molecule has 4 aromatic rings. The number of hydrogen-bond acceptors (Lipinski definition) is 4. The maximum atomic E-state index is 13.1. The molecule has 0 aromatic carbocycles. The van der Waals surface area contributed by atoms with Crippen molar-refractivity contribution in [3.8, 4) is 16.9 Å². The molecule has 0 amide bonds.